The van der Waals surface area contributed by atoms with Gasteiger partial charge in [-0.25, -0.2) is 0 Å². The fourth-order valence-electron chi connectivity index (χ4n) is 1.87. The van der Waals surface area contributed by atoms with Crippen LogP contribution in [-0.2, 0) is 9.59 Å². The van der Waals surface area contributed by atoms with Crippen molar-refractivity contribution in [1.82, 2.24) is 0 Å². The average Bonchev–Trinajstić information content (AvgIpc) is 2.51. The van der Waals surface area contributed by atoms with Gasteiger partial charge in [0.05, 0.1) is 10.7 Å². The van der Waals surface area contributed by atoms with Crippen molar-refractivity contribution in [2.45, 2.75) is 20.8 Å². The first-order valence-corrected chi connectivity index (χ1v) is 7.62. The predicted molar refractivity (Wildman–Crippen MR) is 93.7 cm³/mol. The summed E-state index contributed by atoms with van der Waals surface area (Å²) in [5.41, 5.74) is 0.984. The topological polar surface area (TPSA) is 58.2 Å². The number of hydrogen-bond donors (Lipinski definition) is 2. The van der Waals surface area contributed by atoms with E-state index in [9.17, 15) is 9.59 Å². The number of para-hydroxylation sites is 1. The second-order valence-corrected chi connectivity index (χ2v) is 6.29. The van der Waals surface area contributed by atoms with Crippen LogP contribution in [0.25, 0.3) is 0 Å². The number of aryl methyl sites for hydroxylation is 1. The summed E-state index contributed by atoms with van der Waals surface area (Å²) < 4.78 is 0. The van der Waals surface area contributed by atoms with Gasteiger partial charge in [-0.3, -0.25) is 9.59 Å². The summed E-state index contributed by atoms with van der Waals surface area (Å²) >= 11 is 6.03. The molecule has 0 aliphatic heterocycles. The van der Waals surface area contributed by atoms with Crippen LogP contribution < -0.4 is 10.6 Å². The molecule has 4 nitrogen and oxygen atoms in total. The predicted octanol–water partition coefficient (Wildman–Crippen LogP) is 4.25. The minimum Gasteiger partial charge on any atom is -0.325 e. The first-order valence-electron chi connectivity index (χ1n) is 7.25. The Bertz CT molecular complexity index is 724. The maximum Gasteiger partial charge on any atom is 0.239 e. The molecule has 2 aromatic rings. The van der Waals surface area contributed by atoms with Crippen molar-refractivity contribution in [3.8, 4) is 0 Å². The molecule has 0 saturated heterocycles. The molecule has 2 amide bonds. The van der Waals surface area contributed by atoms with Crippen LogP contribution in [0, 0.1) is 12.3 Å². The van der Waals surface area contributed by atoms with Gasteiger partial charge in [0.2, 0.25) is 11.8 Å². The third-order valence-electron chi connectivity index (χ3n) is 3.57. The van der Waals surface area contributed by atoms with E-state index in [1.54, 1.807) is 50.2 Å². The molecule has 2 rings (SSSR count). The number of benzene rings is 2. The van der Waals surface area contributed by atoms with Crippen molar-refractivity contribution in [2.24, 2.45) is 5.41 Å². The first-order chi connectivity index (χ1) is 10.8. The molecule has 0 bridgehead atoms. The lowest BCUT2D eigenvalue weighted by atomic mass is 9.90. The smallest absolute Gasteiger partial charge is 0.239 e. The second kappa shape index (κ2) is 6.84. The van der Waals surface area contributed by atoms with Gasteiger partial charge in [0.15, 0.2) is 0 Å². The zero-order chi connectivity index (χ0) is 17.0. The monoisotopic (exact) mass is 330 g/mol. The van der Waals surface area contributed by atoms with Crippen molar-refractivity contribution in [2.75, 3.05) is 10.6 Å². The van der Waals surface area contributed by atoms with Crippen LogP contribution in [0.2, 0.25) is 5.02 Å². The van der Waals surface area contributed by atoms with E-state index in [1.165, 1.54) is 0 Å². The lowest BCUT2D eigenvalue weighted by Gasteiger charge is -2.23. The van der Waals surface area contributed by atoms with Crippen molar-refractivity contribution in [1.29, 1.82) is 0 Å². The SMILES string of the molecule is Cc1ccc(NC(=O)C(C)(C)C(=O)Nc2ccccc2Cl)cc1. The van der Waals surface area contributed by atoms with Gasteiger partial charge in [0, 0.05) is 5.69 Å². The number of anilines is 2. The van der Waals surface area contributed by atoms with Crippen LogP contribution in [0.4, 0.5) is 11.4 Å². The second-order valence-electron chi connectivity index (χ2n) is 5.88. The highest BCUT2D eigenvalue weighted by atomic mass is 35.5. The van der Waals surface area contributed by atoms with Gasteiger partial charge in [0.1, 0.15) is 5.41 Å². The zero-order valence-electron chi connectivity index (χ0n) is 13.3. The highest BCUT2D eigenvalue weighted by molar-refractivity contribution is 6.34. The highest BCUT2D eigenvalue weighted by Crippen LogP contribution is 2.25. The summed E-state index contributed by atoms with van der Waals surface area (Å²) in [5.74, 6) is -0.805. The van der Waals surface area contributed by atoms with Crippen LogP contribution in [0.15, 0.2) is 48.5 Å². The van der Waals surface area contributed by atoms with Gasteiger partial charge in [-0.2, -0.15) is 0 Å². The fourth-order valence-corrected chi connectivity index (χ4v) is 2.05. The lowest BCUT2D eigenvalue weighted by molar-refractivity contribution is -0.135. The average molecular weight is 331 g/mol. The Morgan fingerprint density at radius 3 is 2.09 bits per heavy atom. The molecule has 0 saturated carbocycles. The fraction of sp³-hybridized carbons (Fsp3) is 0.222. The van der Waals surface area contributed by atoms with E-state index in [2.05, 4.69) is 10.6 Å². The molecule has 0 aliphatic carbocycles. The molecular weight excluding hydrogens is 312 g/mol. The van der Waals surface area contributed by atoms with Crippen LogP contribution in [0.3, 0.4) is 0 Å². The van der Waals surface area contributed by atoms with E-state index in [4.69, 9.17) is 11.6 Å². The summed E-state index contributed by atoms with van der Waals surface area (Å²) in [4.78, 5) is 24.9. The first kappa shape index (κ1) is 17.0. The van der Waals surface area contributed by atoms with E-state index in [0.717, 1.165) is 5.56 Å². The van der Waals surface area contributed by atoms with Crippen molar-refractivity contribution >= 4 is 34.8 Å². The standard InChI is InChI=1S/C18H19ClN2O2/c1-12-8-10-13(11-9-12)20-16(22)18(2,3)17(23)21-15-7-5-4-6-14(15)19/h4-11H,1-3H3,(H,20,22)(H,21,23). The number of hydrogen-bond acceptors (Lipinski definition) is 2. The lowest BCUT2D eigenvalue weighted by Crippen LogP contribution is -2.41. The third kappa shape index (κ3) is 4.11. The van der Waals surface area contributed by atoms with Crippen molar-refractivity contribution in [3.05, 3.63) is 59.1 Å². The number of nitrogens with one attached hydrogen (secondary N) is 2. The zero-order valence-corrected chi connectivity index (χ0v) is 14.1. The van der Waals surface area contributed by atoms with Crippen molar-refractivity contribution < 1.29 is 9.59 Å². The molecule has 2 aromatic carbocycles. The maximum atomic E-state index is 12.4. The number of carbonyl (C=O) groups is 2. The largest absolute Gasteiger partial charge is 0.325 e. The van der Waals surface area contributed by atoms with E-state index < -0.39 is 11.3 Å². The van der Waals surface area contributed by atoms with E-state index >= 15 is 0 Å². The van der Waals surface area contributed by atoms with E-state index in [0.29, 0.717) is 16.4 Å². The Balaban J connectivity index is 2.10. The Kier molecular flexibility index (Phi) is 5.06. The summed E-state index contributed by atoms with van der Waals surface area (Å²) in [6, 6.07) is 14.3. The molecule has 0 spiro atoms. The minimum absolute atomic E-state index is 0.383. The Labute approximate surface area is 140 Å². The molecule has 0 aromatic heterocycles. The van der Waals surface area contributed by atoms with Crippen LogP contribution >= 0.6 is 11.6 Å². The molecule has 23 heavy (non-hydrogen) atoms. The molecule has 5 heteroatoms. The van der Waals surface area contributed by atoms with Gasteiger partial charge in [-0.15, -0.1) is 0 Å². The number of carbonyl (C=O) groups excluding carboxylic acids is 2. The quantitative estimate of drug-likeness (QED) is 0.823. The van der Waals surface area contributed by atoms with Gasteiger partial charge in [0.25, 0.3) is 0 Å². The Morgan fingerprint density at radius 1 is 0.913 bits per heavy atom. The van der Waals surface area contributed by atoms with Crippen molar-refractivity contribution in [3.63, 3.8) is 0 Å². The molecule has 0 atom stereocenters. The van der Waals surface area contributed by atoms with Gasteiger partial charge in [-0.1, -0.05) is 41.4 Å². The third-order valence-corrected chi connectivity index (χ3v) is 3.90. The molecule has 2 N–H and O–H groups in total. The number of rotatable bonds is 4. The van der Waals surface area contributed by atoms with E-state index in [1.807, 2.05) is 19.1 Å². The summed E-state index contributed by atoms with van der Waals surface area (Å²) in [5, 5.41) is 5.88. The van der Waals surface area contributed by atoms with Crippen LogP contribution in [0.1, 0.15) is 19.4 Å². The Hall–Kier alpha value is -2.33. The summed E-state index contributed by atoms with van der Waals surface area (Å²) in [7, 11) is 0. The van der Waals surface area contributed by atoms with Gasteiger partial charge in [-0.05, 0) is 45.0 Å². The molecular formula is C18H19ClN2O2. The van der Waals surface area contributed by atoms with Crippen LogP contribution in [0.5, 0.6) is 0 Å². The number of amides is 2. The highest BCUT2D eigenvalue weighted by Gasteiger charge is 2.36. The molecule has 0 aliphatic rings. The summed E-state index contributed by atoms with van der Waals surface area (Å²) in [6.07, 6.45) is 0. The Morgan fingerprint density at radius 2 is 1.48 bits per heavy atom. The van der Waals surface area contributed by atoms with Gasteiger partial charge < -0.3 is 10.6 Å². The normalized spacial score (nSPS) is 11.0. The summed E-state index contributed by atoms with van der Waals surface area (Å²) in [6.45, 7) is 5.11. The van der Waals surface area contributed by atoms with Crippen LogP contribution in [-0.4, -0.2) is 11.8 Å². The van der Waals surface area contributed by atoms with E-state index in [-0.39, 0.29) is 5.91 Å². The molecule has 0 radical (unpaired) electrons. The minimum atomic E-state index is -1.25. The molecule has 0 unspecified atom stereocenters. The maximum absolute atomic E-state index is 12.4. The molecule has 0 fully saturated rings. The molecule has 0 heterocycles. The number of halogens is 1. The van der Waals surface area contributed by atoms with Gasteiger partial charge >= 0.3 is 0 Å². The molecule has 120 valence electrons.